The maximum Gasteiger partial charge on any atom is 0.319 e. The Morgan fingerprint density at radius 1 is 0.957 bits per heavy atom. The van der Waals surface area contributed by atoms with E-state index in [0.29, 0.717) is 5.69 Å². The molecule has 0 saturated carbocycles. The number of fused-ring (bicyclic) bond motifs is 1. The van der Waals surface area contributed by atoms with E-state index in [4.69, 9.17) is 0 Å². The molecule has 0 bridgehead atoms. The van der Waals surface area contributed by atoms with Crippen LogP contribution in [0.5, 0.6) is 0 Å². The van der Waals surface area contributed by atoms with Crippen LogP contribution < -0.4 is 10.6 Å². The largest absolute Gasteiger partial charge is 0.331 e. The first kappa shape index (κ1) is 15.0. The molecule has 2 N–H and O–H groups in total. The highest BCUT2D eigenvalue weighted by Crippen LogP contribution is 2.20. The first-order chi connectivity index (χ1) is 11.1. The summed E-state index contributed by atoms with van der Waals surface area (Å²) < 4.78 is 12.9. The molecule has 3 aromatic carbocycles. The lowest BCUT2D eigenvalue weighted by Crippen LogP contribution is -2.31. The van der Waals surface area contributed by atoms with Gasteiger partial charge in [0.15, 0.2) is 0 Å². The van der Waals surface area contributed by atoms with E-state index in [1.165, 1.54) is 29.7 Å². The van der Waals surface area contributed by atoms with E-state index in [1.54, 1.807) is 0 Å². The van der Waals surface area contributed by atoms with Crippen molar-refractivity contribution >= 4 is 22.5 Å². The van der Waals surface area contributed by atoms with Crippen molar-refractivity contribution < 1.29 is 9.18 Å². The molecule has 3 aromatic rings. The fourth-order valence-electron chi connectivity index (χ4n) is 2.46. The minimum atomic E-state index is -0.333. The zero-order valence-electron chi connectivity index (χ0n) is 12.7. The highest BCUT2D eigenvalue weighted by Gasteiger charge is 2.10. The minimum absolute atomic E-state index is 0.139. The fourth-order valence-corrected chi connectivity index (χ4v) is 2.46. The lowest BCUT2D eigenvalue weighted by atomic mass is 10.0. The van der Waals surface area contributed by atoms with E-state index in [1.807, 2.05) is 37.3 Å². The van der Waals surface area contributed by atoms with Crippen LogP contribution in [0.4, 0.5) is 14.9 Å². The average molecular weight is 308 g/mol. The van der Waals surface area contributed by atoms with Crippen LogP contribution in [-0.2, 0) is 0 Å². The molecule has 0 radical (unpaired) electrons. The van der Waals surface area contributed by atoms with E-state index in [-0.39, 0.29) is 17.9 Å². The Hall–Kier alpha value is -2.88. The van der Waals surface area contributed by atoms with Crippen LogP contribution in [0.1, 0.15) is 18.5 Å². The molecule has 1 atom stereocenters. The molecule has 0 aliphatic rings. The van der Waals surface area contributed by atoms with Gasteiger partial charge in [-0.1, -0.05) is 36.4 Å². The maximum atomic E-state index is 12.9. The number of amides is 2. The summed E-state index contributed by atoms with van der Waals surface area (Å²) >= 11 is 0. The number of urea groups is 1. The number of anilines is 1. The van der Waals surface area contributed by atoms with Crippen LogP contribution >= 0.6 is 0 Å². The summed E-state index contributed by atoms with van der Waals surface area (Å²) in [6.07, 6.45) is 0. The number of hydrogen-bond acceptors (Lipinski definition) is 1. The Morgan fingerprint density at radius 3 is 2.39 bits per heavy atom. The molecule has 0 heterocycles. The van der Waals surface area contributed by atoms with Crippen molar-refractivity contribution in [2.24, 2.45) is 0 Å². The Labute approximate surface area is 134 Å². The topological polar surface area (TPSA) is 41.1 Å². The van der Waals surface area contributed by atoms with E-state index < -0.39 is 0 Å². The molecule has 0 spiro atoms. The van der Waals surface area contributed by atoms with Gasteiger partial charge in [0.05, 0.1) is 6.04 Å². The third kappa shape index (κ3) is 3.66. The van der Waals surface area contributed by atoms with Crippen LogP contribution in [0, 0.1) is 5.82 Å². The van der Waals surface area contributed by atoms with Crippen LogP contribution in [0.3, 0.4) is 0 Å². The number of carbonyl (C=O) groups excluding carboxylic acids is 1. The van der Waals surface area contributed by atoms with Crippen molar-refractivity contribution in [2.45, 2.75) is 13.0 Å². The smallest absolute Gasteiger partial charge is 0.319 e. The Balaban J connectivity index is 1.68. The summed E-state index contributed by atoms with van der Waals surface area (Å²) in [6.45, 7) is 1.92. The summed E-state index contributed by atoms with van der Waals surface area (Å²) in [5, 5.41) is 7.87. The normalized spacial score (nSPS) is 11.9. The third-order valence-corrected chi connectivity index (χ3v) is 3.72. The van der Waals surface area contributed by atoms with Crippen LogP contribution in [-0.4, -0.2) is 6.03 Å². The molecule has 0 aliphatic carbocycles. The first-order valence-corrected chi connectivity index (χ1v) is 7.43. The van der Waals surface area contributed by atoms with Crippen molar-refractivity contribution in [1.82, 2.24) is 5.32 Å². The predicted octanol–water partition coefficient (Wildman–Crippen LogP) is 4.86. The van der Waals surface area contributed by atoms with Crippen molar-refractivity contribution in [2.75, 3.05) is 5.32 Å². The monoisotopic (exact) mass is 308 g/mol. The van der Waals surface area contributed by atoms with Crippen LogP contribution in [0.25, 0.3) is 10.8 Å². The number of carbonyl (C=O) groups is 1. The zero-order valence-corrected chi connectivity index (χ0v) is 12.7. The molecule has 2 amide bonds. The molecule has 3 rings (SSSR count). The Bertz CT molecular complexity index is 830. The van der Waals surface area contributed by atoms with Crippen LogP contribution in [0.2, 0.25) is 0 Å². The Morgan fingerprint density at radius 2 is 1.65 bits per heavy atom. The second kappa shape index (κ2) is 6.48. The minimum Gasteiger partial charge on any atom is -0.331 e. The highest BCUT2D eigenvalue weighted by molar-refractivity contribution is 5.89. The van der Waals surface area contributed by atoms with Crippen molar-refractivity contribution in [3.05, 3.63) is 78.1 Å². The van der Waals surface area contributed by atoms with Gasteiger partial charge in [-0.2, -0.15) is 0 Å². The maximum absolute atomic E-state index is 12.9. The second-order valence-corrected chi connectivity index (χ2v) is 5.43. The summed E-state index contributed by atoms with van der Waals surface area (Å²) in [4.78, 5) is 12.0. The number of benzene rings is 3. The average Bonchev–Trinajstić information content (AvgIpc) is 2.56. The van der Waals surface area contributed by atoms with Gasteiger partial charge in [-0.25, -0.2) is 9.18 Å². The van der Waals surface area contributed by atoms with Gasteiger partial charge in [0.2, 0.25) is 0 Å². The van der Waals surface area contributed by atoms with Gasteiger partial charge >= 0.3 is 6.03 Å². The summed E-state index contributed by atoms with van der Waals surface area (Å²) in [7, 11) is 0. The van der Waals surface area contributed by atoms with Gasteiger partial charge in [-0.3, -0.25) is 0 Å². The molecule has 0 aliphatic heterocycles. The van der Waals surface area contributed by atoms with Crippen molar-refractivity contribution in [1.29, 1.82) is 0 Å². The predicted molar refractivity (Wildman–Crippen MR) is 90.9 cm³/mol. The summed E-state index contributed by atoms with van der Waals surface area (Å²) in [6, 6.07) is 19.4. The van der Waals surface area contributed by atoms with E-state index >= 15 is 0 Å². The highest BCUT2D eigenvalue weighted by atomic mass is 19.1. The van der Waals surface area contributed by atoms with Gasteiger partial charge in [0.25, 0.3) is 0 Å². The van der Waals surface area contributed by atoms with Crippen molar-refractivity contribution in [3.8, 4) is 0 Å². The molecular weight excluding hydrogens is 291 g/mol. The van der Waals surface area contributed by atoms with E-state index in [9.17, 15) is 9.18 Å². The third-order valence-electron chi connectivity index (χ3n) is 3.72. The molecular formula is C19H17FN2O. The van der Waals surface area contributed by atoms with Gasteiger partial charge < -0.3 is 10.6 Å². The SMILES string of the molecule is C[C@@H](NC(=O)Nc1ccc(F)cc1)c1ccc2ccccc2c1. The zero-order chi connectivity index (χ0) is 16.2. The number of hydrogen-bond donors (Lipinski definition) is 2. The Kier molecular flexibility index (Phi) is 4.24. The molecule has 116 valence electrons. The molecule has 3 nitrogen and oxygen atoms in total. The number of rotatable bonds is 3. The quantitative estimate of drug-likeness (QED) is 0.712. The molecule has 23 heavy (non-hydrogen) atoms. The van der Waals surface area contributed by atoms with E-state index in [2.05, 4.69) is 22.8 Å². The standard InChI is InChI=1S/C19H17FN2O/c1-13(15-7-6-14-4-2-3-5-16(14)12-15)21-19(23)22-18-10-8-17(20)9-11-18/h2-13H,1H3,(H2,21,22,23)/t13-/m1/s1. The second-order valence-electron chi connectivity index (χ2n) is 5.43. The van der Waals surface area contributed by atoms with Gasteiger partial charge in [-0.15, -0.1) is 0 Å². The molecule has 0 aromatic heterocycles. The summed E-state index contributed by atoms with van der Waals surface area (Å²) in [5.41, 5.74) is 1.58. The molecule has 0 fully saturated rings. The van der Waals surface area contributed by atoms with Crippen LogP contribution in [0.15, 0.2) is 66.7 Å². The summed E-state index contributed by atoms with van der Waals surface area (Å²) in [5.74, 6) is -0.333. The van der Waals surface area contributed by atoms with Crippen molar-refractivity contribution in [3.63, 3.8) is 0 Å². The van der Waals surface area contributed by atoms with E-state index in [0.717, 1.165) is 10.9 Å². The van der Waals surface area contributed by atoms with Gasteiger partial charge in [-0.05, 0) is 53.6 Å². The first-order valence-electron chi connectivity index (χ1n) is 7.43. The lowest BCUT2D eigenvalue weighted by Gasteiger charge is -2.16. The molecule has 0 saturated heterocycles. The molecule has 4 heteroatoms. The fraction of sp³-hybridized carbons (Fsp3) is 0.105. The molecule has 0 unspecified atom stereocenters. The van der Waals surface area contributed by atoms with Gasteiger partial charge in [0.1, 0.15) is 5.82 Å². The number of halogens is 1. The number of nitrogens with one attached hydrogen (secondary N) is 2. The lowest BCUT2D eigenvalue weighted by molar-refractivity contribution is 0.249. The van der Waals surface area contributed by atoms with Gasteiger partial charge in [0, 0.05) is 5.69 Å².